The largest absolute Gasteiger partial charge is 0.316 e. The van der Waals surface area contributed by atoms with E-state index in [4.69, 9.17) is 0 Å². The molecule has 0 radical (unpaired) electrons. The summed E-state index contributed by atoms with van der Waals surface area (Å²) >= 11 is 0. The molecule has 1 N–H and O–H groups in total. The molecular formula is C17H36N2. The average Bonchev–Trinajstić information content (AvgIpc) is 2.63. The van der Waals surface area contributed by atoms with E-state index in [0.717, 1.165) is 19.0 Å². The van der Waals surface area contributed by atoms with Gasteiger partial charge in [0.2, 0.25) is 0 Å². The molecule has 114 valence electrons. The summed E-state index contributed by atoms with van der Waals surface area (Å²) in [5.41, 5.74) is 0.445. The molecule has 0 spiro atoms. The predicted molar refractivity (Wildman–Crippen MR) is 85.6 cm³/mol. The summed E-state index contributed by atoms with van der Waals surface area (Å²) in [6.45, 7) is 15.5. The topological polar surface area (TPSA) is 15.3 Å². The number of nitrogens with zero attached hydrogens (tertiary/aromatic N) is 1. The van der Waals surface area contributed by atoms with Gasteiger partial charge in [0.15, 0.2) is 0 Å². The third kappa shape index (κ3) is 6.27. The Kier molecular flexibility index (Phi) is 8.01. The number of hydrogen-bond donors (Lipinski definition) is 1. The summed E-state index contributed by atoms with van der Waals surface area (Å²) in [6, 6.07) is 0. The first-order chi connectivity index (χ1) is 9.13. The van der Waals surface area contributed by atoms with E-state index < -0.39 is 0 Å². The molecule has 2 nitrogen and oxygen atoms in total. The maximum absolute atomic E-state index is 3.55. The summed E-state index contributed by atoms with van der Waals surface area (Å²) in [7, 11) is 0. The van der Waals surface area contributed by atoms with E-state index in [-0.39, 0.29) is 0 Å². The summed E-state index contributed by atoms with van der Waals surface area (Å²) in [5, 5.41) is 3.55. The van der Waals surface area contributed by atoms with Crippen LogP contribution in [0.5, 0.6) is 0 Å². The fourth-order valence-electron chi connectivity index (χ4n) is 3.34. The molecule has 1 aliphatic heterocycles. The fraction of sp³-hybridized carbons (Fsp3) is 1.00. The van der Waals surface area contributed by atoms with Crippen LogP contribution in [0.3, 0.4) is 0 Å². The Balaban J connectivity index is 2.42. The lowest BCUT2D eigenvalue weighted by Gasteiger charge is -2.34. The molecule has 0 aromatic carbocycles. The maximum atomic E-state index is 3.55. The van der Waals surface area contributed by atoms with Gasteiger partial charge < -0.3 is 10.2 Å². The third-order valence-corrected chi connectivity index (χ3v) is 4.90. The Bertz CT molecular complexity index is 229. The van der Waals surface area contributed by atoms with Gasteiger partial charge in [-0.2, -0.15) is 0 Å². The lowest BCUT2D eigenvalue weighted by molar-refractivity contribution is 0.158. The first-order valence-electron chi connectivity index (χ1n) is 8.56. The minimum absolute atomic E-state index is 0.445. The standard InChI is InChI=1S/C17H36N2/c1-5-9-16-10-8-12-19(13-11-16)15-17(4,6-2)14-18-7-3/h16,18H,5-15H2,1-4H3. The van der Waals surface area contributed by atoms with Gasteiger partial charge in [0.05, 0.1) is 0 Å². The van der Waals surface area contributed by atoms with Crippen LogP contribution in [0.25, 0.3) is 0 Å². The van der Waals surface area contributed by atoms with Crippen LogP contribution in [-0.4, -0.2) is 37.6 Å². The molecular weight excluding hydrogens is 232 g/mol. The van der Waals surface area contributed by atoms with E-state index in [1.807, 2.05) is 0 Å². The van der Waals surface area contributed by atoms with E-state index in [2.05, 4.69) is 37.9 Å². The van der Waals surface area contributed by atoms with Crippen molar-refractivity contribution >= 4 is 0 Å². The van der Waals surface area contributed by atoms with E-state index in [0.29, 0.717) is 5.41 Å². The van der Waals surface area contributed by atoms with E-state index >= 15 is 0 Å². The maximum Gasteiger partial charge on any atom is 0.00474 e. The van der Waals surface area contributed by atoms with Crippen molar-refractivity contribution in [2.75, 3.05) is 32.7 Å². The number of nitrogens with one attached hydrogen (secondary N) is 1. The monoisotopic (exact) mass is 268 g/mol. The number of hydrogen-bond acceptors (Lipinski definition) is 2. The lowest BCUT2D eigenvalue weighted by atomic mass is 9.86. The molecule has 1 heterocycles. The molecule has 1 aliphatic rings. The smallest absolute Gasteiger partial charge is 0.00474 e. The average molecular weight is 268 g/mol. The minimum atomic E-state index is 0.445. The Hall–Kier alpha value is -0.0800. The molecule has 1 fully saturated rings. The third-order valence-electron chi connectivity index (χ3n) is 4.90. The van der Waals surface area contributed by atoms with Crippen molar-refractivity contribution in [3.63, 3.8) is 0 Å². The van der Waals surface area contributed by atoms with Crippen LogP contribution >= 0.6 is 0 Å². The minimum Gasteiger partial charge on any atom is -0.316 e. The van der Waals surface area contributed by atoms with Gasteiger partial charge in [0, 0.05) is 13.1 Å². The Morgan fingerprint density at radius 3 is 2.58 bits per heavy atom. The van der Waals surface area contributed by atoms with Crippen molar-refractivity contribution < 1.29 is 0 Å². The molecule has 0 amide bonds. The Labute approximate surface area is 121 Å². The molecule has 0 aromatic heterocycles. The fourth-order valence-corrected chi connectivity index (χ4v) is 3.34. The van der Waals surface area contributed by atoms with Gasteiger partial charge in [0.25, 0.3) is 0 Å². The van der Waals surface area contributed by atoms with Crippen molar-refractivity contribution in [1.29, 1.82) is 0 Å². The van der Waals surface area contributed by atoms with E-state index in [1.165, 1.54) is 58.2 Å². The lowest BCUT2D eigenvalue weighted by Crippen LogP contribution is -2.42. The van der Waals surface area contributed by atoms with Crippen LogP contribution in [0.4, 0.5) is 0 Å². The predicted octanol–water partition coefficient (Wildman–Crippen LogP) is 3.91. The molecule has 19 heavy (non-hydrogen) atoms. The summed E-state index contributed by atoms with van der Waals surface area (Å²) in [6.07, 6.45) is 8.36. The molecule has 2 unspecified atom stereocenters. The molecule has 0 aliphatic carbocycles. The van der Waals surface area contributed by atoms with Crippen LogP contribution in [0.1, 0.15) is 66.2 Å². The highest BCUT2D eigenvalue weighted by atomic mass is 15.1. The van der Waals surface area contributed by atoms with Crippen molar-refractivity contribution in [1.82, 2.24) is 10.2 Å². The molecule has 0 bridgehead atoms. The van der Waals surface area contributed by atoms with Crippen LogP contribution in [0.15, 0.2) is 0 Å². The normalized spacial score (nSPS) is 24.9. The Morgan fingerprint density at radius 2 is 1.95 bits per heavy atom. The van der Waals surface area contributed by atoms with E-state index in [1.54, 1.807) is 0 Å². The van der Waals surface area contributed by atoms with Gasteiger partial charge in [-0.15, -0.1) is 0 Å². The van der Waals surface area contributed by atoms with Gasteiger partial charge in [-0.3, -0.25) is 0 Å². The van der Waals surface area contributed by atoms with Crippen LogP contribution in [-0.2, 0) is 0 Å². The molecule has 0 aromatic rings. The first kappa shape index (κ1) is 17.0. The van der Waals surface area contributed by atoms with Crippen molar-refractivity contribution in [2.45, 2.75) is 66.2 Å². The zero-order valence-corrected chi connectivity index (χ0v) is 13.8. The zero-order chi connectivity index (χ0) is 14.1. The zero-order valence-electron chi connectivity index (χ0n) is 13.8. The summed E-state index contributed by atoms with van der Waals surface area (Å²) < 4.78 is 0. The van der Waals surface area contributed by atoms with Gasteiger partial charge in [-0.25, -0.2) is 0 Å². The van der Waals surface area contributed by atoms with Gasteiger partial charge >= 0.3 is 0 Å². The van der Waals surface area contributed by atoms with Gasteiger partial charge in [-0.1, -0.05) is 40.5 Å². The number of rotatable bonds is 8. The second-order valence-electron chi connectivity index (χ2n) is 6.81. The summed E-state index contributed by atoms with van der Waals surface area (Å²) in [5.74, 6) is 0.997. The first-order valence-corrected chi connectivity index (χ1v) is 8.56. The Morgan fingerprint density at radius 1 is 1.16 bits per heavy atom. The molecule has 1 saturated heterocycles. The van der Waals surface area contributed by atoms with Crippen molar-refractivity contribution in [3.8, 4) is 0 Å². The second-order valence-corrected chi connectivity index (χ2v) is 6.81. The van der Waals surface area contributed by atoms with Crippen molar-refractivity contribution in [3.05, 3.63) is 0 Å². The van der Waals surface area contributed by atoms with Gasteiger partial charge in [0.1, 0.15) is 0 Å². The number of likely N-dealkylation sites (tertiary alicyclic amines) is 1. The van der Waals surface area contributed by atoms with Crippen LogP contribution in [0.2, 0.25) is 0 Å². The molecule has 0 saturated carbocycles. The molecule has 2 atom stereocenters. The van der Waals surface area contributed by atoms with Gasteiger partial charge in [-0.05, 0) is 56.7 Å². The molecule has 1 rings (SSSR count). The SMILES string of the molecule is CCCC1CCCN(CC(C)(CC)CNCC)CC1. The highest BCUT2D eigenvalue weighted by Gasteiger charge is 2.26. The quantitative estimate of drug-likeness (QED) is 0.718. The van der Waals surface area contributed by atoms with Crippen LogP contribution in [0, 0.1) is 11.3 Å². The second kappa shape index (κ2) is 8.97. The van der Waals surface area contributed by atoms with Crippen molar-refractivity contribution in [2.24, 2.45) is 11.3 Å². The molecule has 2 heteroatoms. The highest BCUT2D eigenvalue weighted by Crippen LogP contribution is 2.26. The summed E-state index contributed by atoms with van der Waals surface area (Å²) in [4.78, 5) is 2.73. The van der Waals surface area contributed by atoms with E-state index in [9.17, 15) is 0 Å². The highest BCUT2D eigenvalue weighted by molar-refractivity contribution is 4.81. The van der Waals surface area contributed by atoms with Crippen LogP contribution < -0.4 is 5.32 Å².